The van der Waals surface area contributed by atoms with Gasteiger partial charge in [-0.25, -0.2) is 4.98 Å². The van der Waals surface area contributed by atoms with Gasteiger partial charge in [-0.3, -0.25) is 4.90 Å². The van der Waals surface area contributed by atoms with E-state index >= 15 is 0 Å². The van der Waals surface area contributed by atoms with Gasteiger partial charge in [-0.15, -0.1) is 0 Å². The van der Waals surface area contributed by atoms with E-state index in [0.717, 1.165) is 55.1 Å². The largest absolute Gasteiger partial charge is 0.354 e. The van der Waals surface area contributed by atoms with Crippen LogP contribution in [0.4, 0.5) is 5.82 Å². The van der Waals surface area contributed by atoms with Crippen LogP contribution in [0.3, 0.4) is 0 Å². The first-order valence-corrected chi connectivity index (χ1v) is 8.38. The van der Waals surface area contributed by atoms with Gasteiger partial charge >= 0.3 is 0 Å². The SMILES string of the molecule is Cc1nc(CN2CCN(c3cc4ccccc4c(Cl)n3)CC2)no1. The second-order valence-corrected chi connectivity index (χ2v) is 6.34. The van der Waals surface area contributed by atoms with E-state index in [-0.39, 0.29) is 0 Å². The molecule has 0 saturated carbocycles. The molecular formula is C17H18ClN5O. The number of rotatable bonds is 3. The fourth-order valence-electron chi connectivity index (χ4n) is 3.05. The van der Waals surface area contributed by atoms with Gasteiger partial charge in [-0.05, 0) is 11.5 Å². The molecule has 0 atom stereocenters. The van der Waals surface area contributed by atoms with E-state index in [4.69, 9.17) is 16.1 Å². The number of hydrogen-bond donors (Lipinski definition) is 0. The van der Waals surface area contributed by atoms with Crippen molar-refractivity contribution >= 4 is 28.2 Å². The second kappa shape index (κ2) is 6.37. The minimum atomic E-state index is 0.563. The van der Waals surface area contributed by atoms with Crippen LogP contribution in [0.25, 0.3) is 10.8 Å². The van der Waals surface area contributed by atoms with Crippen LogP contribution < -0.4 is 4.90 Å². The maximum absolute atomic E-state index is 6.34. The number of benzene rings is 1. The lowest BCUT2D eigenvalue weighted by Gasteiger charge is -2.34. The summed E-state index contributed by atoms with van der Waals surface area (Å²) < 4.78 is 5.03. The van der Waals surface area contributed by atoms with Gasteiger partial charge < -0.3 is 9.42 Å². The molecule has 3 aromatic rings. The quantitative estimate of drug-likeness (QED) is 0.681. The van der Waals surface area contributed by atoms with Gasteiger partial charge in [0.1, 0.15) is 11.0 Å². The standard InChI is InChI=1S/C17H18ClN5O/c1-12-19-15(21-24-12)11-22-6-8-23(9-7-22)16-10-13-4-2-3-5-14(13)17(18)20-16/h2-5,10H,6-9,11H2,1H3. The predicted octanol–water partition coefficient (Wildman–Crippen LogP) is 2.90. The number of aromatic nitrogens is 3. The molecule has 1 aliphatic heterocycles. The van der Waals surface area contributed by atoms with Crippen LogP contribution >= 0.6 is 11.6 Å². The van der Waals surface area contributed by atoms with Crippen LogP contribution in [0.5, 0.6) is 0 Å². The van der Waals surface area contributed by atoms with Crippen molar-refractivity contribution in [2.75, 3.05) is 31.1 Å². The molecule has 3 heterocycles. The summed E-state index contributed by atoms with van der Waals surface area (Å²) in [4.78, 5) is 13.4. The van der Waals surface area contributed by atoms with Crippen molar-refractivity contribution < 1.29 is 4.52 Å². The first-order valence-electron chi connectivity index (χ1n) is 8.01. The zero-order chi connectivity index (χ0) is 16.5. The summed E-state index contributed by atoms with van der Waals surface area (Å²) in [7, 11) is 0. The molecule has 0 spiro atoms. The minimum absolute atomic E-state index is 0.563. The van der Waals surface area contributed by atoms with E-state index in [1.807, 2.05) is 25.1 Å². The lowest BCUT2D eigenvalue weighted by molar-refractivity contribution is 0.239. The molecule has 0 aliphatic carbocycles. The molecular weight excluding hydrogens is 326 g/mol. The van der Waals surface area contributed by atoms with Gasteiger partial charge in [0, 0.05) is 38.5 Å². The normalized spacial score (nSPS) is 16.0. The van der Waals surface area contributed by atoms with E-state index in [2.05, 4.69) is 37.1 Å². The predicted molar refractivity (Wildman–Crippen MR) is 93.3 cm³/mol. The topological polar surface area (TPSA) is 58.3 Å². The molecule has 0 bridgehead atoms. The van der Waals surface area contributed by atoms with Crippen LogP contribution in [-0.2, 0) is 6.54 Å². The summed E-state index contributed by atoms with van der Waals surface area (Å²) in [6.45, 7) is 6.19. The third-order valence-corrected chi connectivity index (χ3v) is 4.60. The van der Waals surface area contributed by atoms with Crippen molar-refractivity contribution in [1.29, 1.82) is 0 Å². The van der Waals surface area contributed by atoms with Crippen molar-refractivity contribution in [3.63, 3.8) is 0 Å². The summed E-state index contributed by atoms with van der Waals surface area (Å²) in [6.07, 6.45) is 0. The van der Waals surface area contributed by atoms with Gasteiger partial charge in [-0.1, -0.05) is 41.0 Å². The molecule has 0 N–H and O–H groups in total. The van der Waals surface area contributed by atoms with Crippen LogP contribution in [0.1, 0.15) is 11.7 Å². The molecule has 0 unspecified atom stereocenters. The molecule has 24 heavy (non-hydrogen) atoms. The van der Waals surface area contributed by atoms with Gasteiger partial charge in [0.25, 0.3) is 0 Å². The van der Waals surface area contributed by atoms with Crippen LogP contribution in [-0.4, -0.2) is 46.2 Å². The Hall–Kier alpha value is -2.18. The van der Waals surface area contributed by atoms with Crippen molar-refractivity contribution in [1.82, 2.24) is 20.0 Å². The summed E-state index contributed by atoms with van der Waals surface area (Å²) in [5, 5.41) is 6.64. The van der Waals surface area contributed by atoms with E-state index < -0.39 is 0 Å². The highest BCUT2D eigenvalue weighted by molar-refractivity contribution is 6.34. The average Bonchev–Trinajstić information content (AvgIpc) is 3.00. The number of anilines is 1. The Morgan fingerprint density at radius 2 is 1.92 bits per heavy atom. The third-order valence-electron chi connectivity index (χ3n) is 4.31. The lowest BCUT2D eigenvalue weighted by atomic mass is 10.1. The highest BCUT2D eigenvalue weighted by atomic mass is 35.5. The highest BCUT2D eigenvalue weighted by Gasteiger charge is 2.20. The Bertz CT molecular complexity index is 857. The van der Waals surface area contributed by atoms with E-state index in [9.17, 15) is 0 Å². The lowest BCUT2D eigenvalue weighted by Crippen LogP contribution is -2.46. The molecule has 0 amide bonds. The Morgan fingerprint density at radius 3 is 2.67 bits per heavy atom. The maximum atomic E-state index is 6.34. The maximum Gasteiger partial charge on any atom is 0.223 e. The fourth-order valence-corrected chi connectivity index (χ4v) is 3.30. The molecule has 4 rings (SSSR count). The number of hydrogen-bond acceptors (Lipinski definition) is 6. The summed E-state index contributed by atoms with van der Waals surface area (Å²) >= 11 is 6.34. The molecule has 6 nitrogen and oxygen atoms in total. The Labute approximate surface area is 145 Å². The molecule has 1 aliphatic rings. The number of pyridine rings is 1. The van der Waals surface area contributed by atoms with Crippen molar-refractivity contribution in [3.8, 4) is 0 Å². The number of fused-ring (bicyclic) bond motifs is 1. The summed E-state index contributed by atoms with van der Waals surface area (Å²) in [5.74, 6) is 2.29. The van der Waals surface area contributed by atoms with Crippen molar-refractivity contribution in [2.24, 2.45) is 0 Å². The molecule has 7 heteroatoms. The summed E-state index contributed by atoms with van der Waals surface area (Å²) in [5.41, 5.74) is 0. The monoisotopic (exact) mass is 343 g/mol. The molecule has 2 aromatic heterocycles. The Kier molecular flexibility index (Phi) is 4.08. The first kappa shape index (κ1) is 15.4. The molecule has 1 aromatic carbocycles. The Morgan fingerprint density at radius 1 is 1.12 bits per heavy atom. The number of piperazine rings is 1. The van der Waals surface area contributed by atoms with E-state index in [0.29, 0.717) is 11.0 Å². The third kappa shape index (κ3) is 3.07. The molecule has 1 saturated heterocycles. The number of nitrogens with zero attached hydrogens (tertiary/aromatic N) is 5. The van der Waals surface area contributed by atoms with E-state index in [1.54, 1.807) is 0 Å². The summed E-state index contributed by atoms with van der Waals surface area (Å²) in [6, 6.07) is 10.2. The first-order chi connectivity index (χ1) is 11.7. The number of halogens is 1. The fraction of sp³-hybridized carbons (Fsp3) is 0.353. The van der Waals surface area contributed by atoms with Gasteiger partial charge in [-0.2, -0.15) is 4.98 Å². The molecule has 0 radical (unpaired) electrons. The van der Waals surface area contributed by atoms with Crippen molar-refractivity contribution in [2.45, 2.75) is 13.5 Å². The van der Waals surface area contributed by atoms with Crippen LogP contribution in [0.15, 0.2) is 34.9 Å². The average molecular weight is 344 g/mol. The van der Waals surface area contributed by atoms with Gasteiger partial charge in [0.15, 0.2) is 5.82 Å². The van der Waals surface area contributed by atoms with Crippen molar-refractivity contribution in [3.05, 3.63) is 47.2 Å². The molecule has 124 valence electrons. The zero-order valence-corrected chi connectivity index (χ0v) is 14.2. The molecule has 1 fully saturated rings. The smallest absolute Gasteiger partial charge is 0.223 e. The highest BCUT2D eigenvalue weighted by Crippen LogP contribution is 2.26. The Balaban J connectivity index is 1.45. The number of aryl methyl sites for hydroxylation is 1. The van der Waals surface area contributed by atoms with Gasteiger partial charge in [0.2, 0.25) is 5.89 Å². The van der Waals surface area contributed by atoms with Crippen LogP contribution in [0.2, 0.25) is 5.15 Å². The van der Waals surface area contributed by atoms with E-state index in [1.165, 1.54) is 0 Å². The second-order valence-electron chi connectivity index (χ2n) is 5.99. The van der Waals surface area contributed by atoms with Crippen LogP contribution in [0, 0.1) is 6.92 Å². The zero-order valence-electron chi connectivity index (χ0n) is 13.4. The van der Waals surface area contributed by atoms with Gasteiger partial charge in [0.05, 0.1) is 6.54 Å². The minimum Gasteiger partial charge on any atom is -0.354 e.